The average Bonchev–Trinajstić information content (AvgIpc) is 2.43. The average molecular weight is 299 g/mol. The molecule has 0 heterocycles. The van der Waals surface area contributed by atoms with Crippen LogP contribution in [0.25, 0.3) is 0 Å². The lowest BCUT2D eigenvalue weighted by Gasteiger charge is -2.20. The quantitative estimate of drug-likeness (QED) is 0.752. The van der Waals surface area contributed by atoms with E-state index in [4.69, 9.17) is 0 Å². The largest absolute Gasteiger partial charge is 0.313 e. The summed E-state index contributed by atoms with van der Waals surface area (Å²) in [5.41, 5.74) is 1.08. The third-order valence-electron chi connectivity index (χ3n) is 3.26. The lowest BCUT2D eigenvalue weighted by molar-refractivity contribution is 0.314. The number of nitrogens with one attached hydrogen (secondary N) is 2. The molecule has 1 aromatic rings. The van der Waals surface area contributed by atoms with E-state index in [0.29, 0.717) is 11.4 Å². The summed E-state index contributed by atoms with van der Waals surface area (Å²) < 4.78 is 26.9. The highest BCUT2D eigenvalue weighted by atomic mass is 32.2. The van der Waals surface area contributed by atoms with Crippen LogP contribution in [0.4, 0.5) is 0 Å². The molecule has 0 saturated carbocycles. The molecule has 114 valence electrons. The molecule has 2 N–H and O–H groups in total. The molecule has 0 spiro atoms. The molecule has 0 aliphatic carbocycles. The second-order valence-corrected chi connectivity index (χ2v) is 6.86. The lowest BCUT2D eigenvalue weighted by atomic mass is 10.2. The summed E-state index contributed by atoms with van der Waals surface area (Å²) in [4.78, 5) is 2.28. The summed E-state index contributed by atoms with van der Waals surface area (Å²) in [6.07, 6.45) is 0. The predicted molar refractivity (Wildman–Crippen MR) is 82.2 cm³/mol. The van der Waals surface area contributed by atoms with Gasteiger partial charge in [-0.25, -0.2) is 13.1 Å². The highest BCUT2D eigenvalue weighted by molar-refractivity contribution is 7.89. The molecular weight excluding hydrogens is 274 g/mol. The summed E-state index contributed by atoms with van der Waals surface area (Å²) in [7, 11) is 0.427. The Labute approximate surface area is 122 Å². The SMILES string of the molecule is CCNCc1ccc(S(=O)(=O)NCC(C)N(C)C)cc1. The molecule has 6 heteroatoms. The Bertz CT molecular complexity index is 498. The Morgan fingerprint density at radius 3 is 2.30 bits per heavy atom. The number of sulfonamides is 1. The molecule has 1 aromatic carbocycles. The third kappa shape index (κ3) is 5.20. The van der Waals surface area contributed by atoms with Crippen molar-refractivity contribution in [3.8, 4) is 0 Å². The summed E-state index contributed by atoms with van der Waals surface area (Å²) in [6, 6.07) is 7.13. The van der Waals surface area contributed by atoms with Crippen LogP contribution < -0.4 is 10.0 Å². The molecule has 0 amide bonds. The first-order chi connectivity index (χ1) is 9.36. The molecule has 1 atom stereocenters. The van der Waals surface area contributed by atoms with Crippen LogP contribution >= 0.6 is 0 Å². The van der Waals surface area contributed by atoms with Gasteiger partial charge in [-0.1, -0.05) is 19.1 Å². The van der Waals surface area contributed by atoms with Crippen LogP contribution in [0.5, 0.6) is 0 Å². The second kappa shape index (κ2) is 7.73. The Balaban J connectivity index is 2.68. The van der Waals surface area contributed by atoms with Gasteiger partial charge in [0.15, 0.2) is 0 Å². The topological polar surface area (TPSA) is 61.4 Å². The normalized spacial score (nSPS) is 13.7. The van der Waals surface area contributed by atoms with Crippen LogP contribution in [0.2, 0.25) is 0 Å². The fourth-order valence-corrected chi connectivity index (χ4v) is 2.67. The molecule has 0 aliphatic rings. The molecule has 0 saturated heterocycles. The number of rotatable bonds is 8. The maximum absolute atomic E-state index is 12.1. The van der Waals surface area contributed by atoms with Crippen molar-refractivity contribution in [2.75, 3.05) is 27.2 Å². The second-order valence-electron chi connectivity index (χ2n) is 5.09. The van der Waals surface area contributed by atoms with Crippen molar-refractivity contribution in [2.24, 2.45) is 0 Å². The van der Waals surface area contributed by atoms with Gasteiger partial charge in [0.05, 0.1) is 4.90 Å². The predicted octanol–water partition coefficient (Wildman–Crippen LogP) is 1.02. The van der Waals surface area contributed by atoms with E-state index in [1.807, 2.05) is 45.0 Å². The highest BCUT2D eigenvalue weighted by Gasteiger charge is 2.15. The molecular formula is C14H25N3O2S. The van der Waals surface area contributed by atoms with E-state index in [1.165, 1.54) is 0 Å². The van der Waals surface area contributed by atoms with E-state index in [0.717, 1.165) is 18.7 Å². The van der Waals surface area contributed by atoms with Crippen LogP contribution in [0.1, 0.15) is 19.4 Å². The first kappa shape index (κ1) is 17.1. The van der Waals surface area contributed by atoms with Gasteiger partial charge in [-0.3, -0.25) is 0 Å². The van der Waals surface area contributed by atoms with E-state index in [-0.39, 0.29) is 6.04 Å². The van der Waals surface area contributed by atoms with E-state index in [9.17, 15) is 8.42 Å². The maximum atomic E-state index is 12.1. The zero-order chi connectivity index (χ0) is 15.2. The van der Waals surface area contributed by atoms with Crippen molar-refractivity contribution in [3.05, 3.63) is 29.8 Å². The summed E-state index contributed by atoms with van der Waals surface area (Å²) in [5.74, 6) is 0. The van der Waals surface area contributed by atoms with Gasteiger partial charge >= 0.3 is 0 Å². The molecule has 0 aliphatic heterocycles. The van der Waals surface area contributed by atoms with Gasteiger partial charge in [-0.2, -0.15) is 0 Å². The molecule has 1 unspecified atom stereocenters. The van der Waals surface area contributed by atoms with Gasteiger partial charge in [0.1, 0.15) is 0 Å². The van der Waals surface area contributed by atoms with Crippen LogP contribution in [0, 0.1) is 0 Å². The summed E-state index contributed by atoms with van der Waals surface area (Å²) >= 11 is 0. The first-order valence-corrected chi connectivity index (χ1v) is 8.31. The molecule has 5 nitrogen and oxygen atoms in total. The van der Waals surface area contributed by atoms with Gasteiger partial charge < -0.3 is 10.2 Å². The van der Waals surface area contributed by atoms with E-state index in [1.54, 1.807) is 12.1 Å². The Morgan fingerprint density at radius 1 is 1.20 bits per heavy atom. The number of hydrogen-bond donors (Lipinski definition) is 2. The van der Waals surface area contributed by atoms with Crippen LogP contribution in [-0.4, -0.2) is 46.5 Å². The molecule has 0 fully saturated rings. The van der Waals surface area contributed by atoms with E-state index < -0.39 is 10.0 Å². The minimum Gasteiger partial charge on any atom is -0.313 e. The Kier molecular flexibility index (Phi) is 6.61. The van der Waals surface area contributed by atoms with Crippen molar-refractivity contribution in [1.82, 2.24) is 14.9 Å². The third-order valence-corrected chi connectivity index (χ3v) is 4.70. The van der Waals surface area contributed by atoms with Crippen molar-refractivity contribution < 1.29 is 8.42 Å². The summed E-state index contributed by atoms with van der Waals surface area (Å²) in [5, 5.41) is 3.20. The van der Waals surface area contributed by atoms with Gasteiger partial charge in [-0.15, -0.1) is 0 Å². The Hall–Kier alpha value is -0.950. The lowest BCUT2D eigenvalue weighted by Crippen LogP contribution is -2.38. The fourth-order valence-electron chi connectivity index (χ4n) is 1.55. The molecule has 1 rings (SSSR count). The van der Waals surface area contributed by atoms with Gasteiger partial charge in [0, 0.05) is 19.1 Å². The zero-order valence-corrected chi connectivity index (χ0v) is 13.5. The number of nitrogens with zero attached hydrogens (tertiary/aromatic N) is 1. The van der Waals surface area contributed by atoms with Gasteiger partial charge in [0.2, 0.25) is 10.0 Å². The van der Waals surface area contributed by atoms with Crippen LogP contribution in [0.15, 0.2) is 29.2 Å². The molecule has 20 heavy (non-hydrogen) atoms. The van der Waals surface area contributed by atoms with Crippen LogP contribution in [0.3, 0.4) is 0 Å². The molecule has 0 aromatic heterocycles. The first-order valence-electron chi connectivity index (χ1n) is 6.82. The monoisotopic (exact) mass is 299 g/mol. The highest BCUT2D eigenvalue weighted by Crippen LogP contribution is 2.10. The van der Waals surface area contributed by atoms with Crippen molar-refractivity contribution in [1.29, 1.82) is 0 Å². The maximum Gasteiger partial charge on any atom is 0.240 e. The van der Waals surface area contributed by atoms with E-state index >= 15 is 0 Å². The minimum atomic E-state index is -3.42. The number of benzene rings is 1. The van der Waals surface area contributed by atoms with Gasteiger partial charge in [0.25, 0.3) is 0 Å². The van der Waals surface area contributed by atoms with Crippen LogP contribution in [-0.2, 0) is 16.6 Å². The molecule has 0 bridgehead atoms. The summed E-state index contributed by atoms with van der Waals surface area (Å²) in [6.45, 7) is 6.05. The zero-order valence-electron chi connectivity index (χ0n) is 12.7. The molecule has 0 radical (unpaired) electrons. The smallest absolute Gasteiger partial charge is 0.240 e. The number of hydrogen-bond acceptors (Lipinski definition) is 4. The fraction of sp³-hybridized carbons (Fsp3) is 0.571. The van der Waals surface area contributed by atoms with E-state index in [2.05, 4.69) is 10.0 Å². The van der Waals surface area contributed by atoms with Crippen molar-refractivity contribution in [2.45, 2.75) is 31.3 Å². The minimum absolute atomic E-state index is 0.151. The van der Waals surface area contributed by atoms with Crippen molar-refractivity contribution >= 4 is 10.0 Å². The van der Waals surface area contributed by atoms with Gasteiger partial charge in [-0.05, 0) is 45.3 Å². The number of likely N-dealkylation sites (N-methyl/N-ethyl adjacent to an activating group) is 1. The standard InChI is InChI=1S/C14H25N3O2S/c1-5-15-11-13-6-8-14(9-7-13)20(18,19)16-10-12(2)17(3)4/h6-9,12,15-16H,5,10-11H2,1-4H3. The van der Waals surface area contributed by atoms with Crippen molar-refractivity contribution in [3.63, 3.8) is 0 Å². The Morgan fingerprint density at radius 2 is 1.80 bits per heavy atom.